The Bertz CT molecular complexity index is 1770. The van der Waals surface area contributed by atoms with Crippen molar-refractivity contribution in [2.45, 2.75) is 111 Å². The van der Waals surface area contributed by atoms with Crippen molar-refractivity contribution < 1.29 is 51.0 Å². The third-order valence-corrected chi connectivity index (χ3v) is 9.31. The Morgan fingerprint density at radius 3 is 1.12 bits per heavy atom. The van der Waals surface area contributed by atoms with Gasteiger partial charge in [-0.25, -0.2) is 12.2 Å². The average molecular weight is 769 g/mol. The summed E-state index contributed by atoms with van der Waals surface area (Å²) in [5, 5.41) is 5.37. The predicted molar refractivity (Wildman–Crippen MR) is 204 cm³/mol. The number of halogens is 2. The smallest absolute Gasteiger partial charge is 1.00 e. The molecular weight excluding hydrogens is 715 g/mol. The number of hydrogen-bond acceptors (Lipinski definition) is 0. The molecule has 1 aliphatic carbocycles. The van der Waals surface area contributed by atoms with Crippen LogP contribution in [-0.4, -0.2) is 0 Å². The van der Waals surface area contributed by atoms with Crippen LogP contribution in [0.2, 0.25) is 0 Å². The van der Waals surface area contributed by atoms with Crippen molar-refractivity contribution in [1.29, 1.82) is 0 Å². The van der Waals surface area contributed by atoms with E-state index in [2.05, 4.69) is 174 Å². The van der Waals surface area contributed by atoms with E-state index in [-0.39, 0.29) is 72.7 Å². The van der Waals surface area contributed by atoms with E-state index in [1.165, 1.54) is 66.1 Å². The largest absolute Gasteiger partial charge is 4.00 e. The summed E-state index contributed by atoms with van der Waals surface area (Å²) in [5.74, 6) is 0. The minimum Gasteiger partial charge on any atom is -1.00 e. The van der Waals surface area contributed by atoms with Gasteiger partial charge in [-0.2, -0.15) is 6.08 Å². The maximum atomic E-state index is 2.99. The van der Waals surface area contributed by atoms with Crippen LogP contribution in [0.4, 0.5) is 0 Å². The van der Waals surface area contributed by atoms with Crippen LogP contribution in [0.25, 0.3) is 43.8 Å². The normalized spacial score (nSPS) is 13.0. The molecule has 1 aliphatic rings. The van der Waals surface area contributed by atoms with E-state index < -0.39 is 0 Å². The molecule has 49 heavy (non-hydrogen) atoms. The summed E-state index contributed by atoms with van der Waals surface area (Å²) >= 11 is 0. The molecule has 0 spiro atoms. The van der Waals surface area contributed by atoms with E-state index in [9.17, 15) is 0 Å². The maximum Gasteiger partial charge on any atom is 4.00 e. The van der Waals surface area contributed by atoms with E-state index in [1.54, 1.807) is 0 Å². The molecule has 0 saturated carbocycles. The van der Waals surface area contributed by atoms with Gasteiger partial charge in [0.2, 0.25) is 0 Å². The standard InChI is InChI=1S/C41H49.C5H5.2ClH.Zr/c1-38(2,3)30-17-13-26(14-18-30)34-22-28-21-29-23-35(27-15-19-31(20-16-27)39(4,5)6)37(41(10,11)12)25-33(29)32(28)24-36(34)40(7,8)9;1-2-4-5-3-1;;;/h13-25H,1-12H3;1-3H,4H2;2*1H;/q2*-1;;;+4/p-2. The second-order valence-corrected chi connectivity index (χ2v) is 17.3. The van der Waals surface area contributed by atoms with Crippen molar-refractivity contribution in [3.05, 3.63) is 125 Å². The number of hydrogen-bond donors (Lipinski definition) is 0. The topological polar surface area (TPSA) is 0 Å². The van der Waals surface area contributed by atoms with Crippen molar-refractivity contribution in [2.24, 2.45) is 0 Å². The Morgan fingerprint density at radius 1 is 0.510 bits per heavy atom. The van der Waals surface area contributed by atoms with Crippen LogP contribution in [0.3, 0.4) is 0 Å². The summed E-state index contributed by atoms with van der Waals surface area (Å²) in [6.45, 7) is 27.7. The van der Waals surface area contributed by atoms with E-state index in [4.69, 9.17) is 0 Å². The van der Waals surface area contributed by atoms with Crippen molar-refractivity contribution in [3.63, 3.8) is 0 Å². The molecule has 0 radical (unpaired) electrons. The summed E-state index contributed by atoms with van der Waals surface area (Å²) in [4.78, 5) is 0. The Kier molecular flexibility index (Phi) is 13.9. The van der Waals surface area contributed by atoms with Gasteiger partial charge in [0.1, 0.15) is 0 Å². The molecule has 0 unspecified atom stereocenters. The Balaban J connectivity index is 0.000000956. The van der Waals surface area contributed by atoms with Gasteiger partial charge in [0.15, 0.2) is 0 Å². The van der Waals surface area contributed by atoms with E-state index in [1.807, 2.05) is 12.2 Å². The zero-order valence-electron chi connectivity index (χ0n) is 31.7. The van der Waals surface area contributed by atoms with Crippen LogP contribution >= 0.6 is 0 Å². The molecule has 0 nitrogen and oxygen atoms in total. The number of benzene rings is 4. The van der Waals surface area contributed by atoms with Gasteiger partial charge in [-0.1, -0.05) is 144 Å². The molecule has 0 aromatic heterocycles. The number of allylic oxidation sites excluding steroid dienone is 4. The summed E-state index contributed by atoms with van der Waals surface area (Å²) in [6.07, 6.45) is 10.0. The van der Waals surface area contributed by atoms with Gasteiger partial charge in [0.25, 0.3) is 0 Å². The van der Waals surface area contributed by atoms with Crippen LogP contribution in [0.5, 0.6) is 0 Å². The van der Waals surface area contributed by atoms with Gasteiger partial charge in [-0.3, -0.25) is 6.08 Å². The molecule has 0 fully saturated rings. The summed E-state index contributed by atoms with van der Waals surface area (Å²) in [6, 6.07) is 30.7. The monoisotopic (exact) mass is 766 g/mol. The molecule has 0 atom stereocenters. The Morgan fingerprint density at radius 2 is 0.878 bits per heavy atom. The fourth-order valence-corrected chi connectivity index (χ4v) is 6.46. The zero-order chi connectivity index (χ0) is 33.7. The Labute approximate surface area is 329 Å². The molecule has 0 aliphatic heterocycles. The van der Waals surface area contributed by atoms with Gasteiger partial charge in [-0.05, 0) is 66.2 Å². The van der Waals surface area contributed by atoms with Crippen molar-refractivity contribution in [3.8, 4) is 22.3 Å². The van der Waals surface area contributed by atoms with Crippen molar-refractivity contribution in [2.75, 3.05) is 0 Å². The van der Waals surface area contributed by atoms with Gasteiger partial charge in [0.05, 0.1) is 0 Å². The molecule has 0 N–H and O–H groups in total. The third kappa shape index (κ3) is 9.73. The molecule has 6 rings (SSSR count). The first kappa shape index (κ1) is 42.9. The maximum absolute atomic E-state index is 2.99. The second-order valence-electron chi connectivity index (χ2n) is 17.3. The van der Waals surface area contributed by atoms with Gasteiger partial charge in [0, 0.05) is 0 Å². The van der Waals surface area contributed by atoms with E-state index in [0.717, 1.165) is 6.42 Å². The minimum absolute atomic E-state index is 0. The molecule has 5 aromatic carbocycles. The van der Waals surface area contributed by atoms with Crippen LogP contribution in [0.1, 0.15) is 112 Å². The summed E-state index contributed by atoms with van der Waals surface area (Å²) < 4.78 is 0. The fourth-order valence-electron chi connectivity index (χ4n) is 6.46. The first-order chi connectivity index (χ1) is 21.3. The van der Waals surface area contributed by atoms with Gasteiger partial charge < -0.3 is 24.8 Å². The molecule has 0 bridgehead atoms. The van der Waals surface area contributed by atoms with Gasteiger partial charge in [-0.15, -0.1) is 46.2 Å². The number of fused-ring (bicyclic) bond motifs is 3. The zero-order valence-corrected chi connectivity index (χ0v) is 35.7. The fraction of sp³-hybridized carbons (Fsp3) is 0.370. The molecule has 0 heterocycles. The van der Waals surface area contributed by atoms with Crippen molar-refractivity contribution >= 4 is 21.5 Å². The average Bonchev–Trinajstić information content (AvgIpc) is 3.66. The SMILES string of the molecule is CC(C)(C)c1ccc(-c2cc3[cH-]c4cc(-c5ccc(C(C)(C)C)cc5)c(C(C)(C)C)cc4c3cc2C(C)(C)C)cc1.[C-]1=CC=CC1.[Cl-].[Cl-].[Zr+4]. The molecule has 256 valence electrons. The van der Waals surface area contributed by atoms with Crippen LogP contribution in [0.15, 0.2) is 97.1 Å². The summed E-state index contributed by atoms with van der Waals surface area (Å²) in [7, 11) is 0. The molecular formula is C46H54Cl2Zr. The summed E-state index contributed by atoms with van der Waals surface area (Å²) in [5.41, 5.74) is 11.2. The minimum atomic E-state index is 0. The van der Waals surface area contributed by atoms with E-state index in [0.29, 0.717) is 0 Å². The van der Waals surface area contributed by atoms with Crippen LogP contribution in [-0.2, 0) is 47.9 Å². The van der Waals surface area contributed by atoms with Crippen molar-refractivity contribution in [1.82, 2.24) is 0 Å². The molecule has 3 heteroatoms. The van der Waals surface area contributed by atoms with Crippen LogP contribution in [0, 0.1) is 6.08 Å². The quantitative estimate of drug-likeness (QED) is 0.163. The molecule has 0 amide bonds. The number of rotatable bonds is 2. The molecule has 0 saturated heterocycles. The van der Waals surface area contributed by atoms with Crippen LogP contribution < -0.4 is 24.8 Å². The Hall–Kier alpha value is -2.31. The second kappa shape index (κ2) is 15.9. The molecule has 5 aromatic rings. The first-order valence-electron chi connectivity index (χ1n) is 17.0. The van der Waals surface area contributed by atoms with Gasteiger partial charge >= 0.3 is 26.2 Å². The first-order valence-corrected chi connectivity index (χ1v) is 17.0. The van der Waals surface area contributed by atoms with E-state index >= 15 is 0 Å². The predicted octanol–water partition coefficient (Wildman–Crippen LogP) is 7.55. The third-order valence-electron chi connectivity index (χ3n) is 9.31.